The topological polar surface area (TPSA) is 64.1 Å². The Bertz CT molecular complexity index is 997. The molecule has 0 spiro atoms. The predicted octanol–water partition coefficient (Wildman–Crippen LogP) is 5.31. The lowest BCUT2D eigenvalue weighted by Crippen LogP contribution is -2.12. The summed E-state index contributed by atoms with van der Waals surface area (Å²) in [6.45, 7) is 0. The Hall–Kier alpha value is -3.03. The maximum atomic E-state index is 12.4. The monoisotopic (exact) mass is 379 g/mol. The van der Waals surface area contributed by atoms with Gasteiger partial charge in [-0.3, -0.25) is 9.78 Å². The third-order valence-corrected chi connectivity index (χ3v) is 5.08. The van der Waals surface area contributed by atoms with E-state index in [1.807, 2.05) is 16.8 Å². The van der Waals surface area contributed by atoms with E-state index in [2.05, 4.69) is 15.3 Å². The van der Waals surface area contributed by atoms with Crippen molar-refractivity contribution in [3.8, 4) is 22.1 Å². The first kappa shape index (κ1) is 16.4. The summed E-state index contributed by atoms with van der Waals surface area (Å²) in [6, 6.07) is 12.7. The molecule has 3 aromatic heterocycles. The fourth-order valence-corrected chi connectivity index (χ4v) is 3.75. The van der Waals surface area contributed by atoms with Gasteiger partial charge in [0.25, 0.3) is 5.91 Å². The van der Waals surface area contributed by atoms with Gasteiger partial charge < -0.3 is 10.1 Å². The van der Waals surface area contributed by atoms with Crippen LogP contribution in [-0.4, -0.2) is 15.9 Å². The number of anilines is 1. The number of nitrogens with one attached hydrogen (secondary N) is 1. The second-order valence-electron chi connectivity index (χ2n) is 5.31. The lowest BCUT2D eigenvalue weighted by molar-refractivity contribution is 0.102. The number of thiophene rings is 1. The Morgan fingerprint density at radius 1 is 0.962 bits per heavy atom. The Labute approximate surface area is 158 Å². The van der Waals surface area contributed by atoms with Gasteiger partial charge in [0, 0.05) is 34.4 Å². The van der Waals surface area contributed by atoms with E-state index in [1.165, 1.54) is 11.3 Å². The van der Waals surface area contributed by atoms with Crippen LogP contribution in [0.2, 0.25) is 0 Å². The summed E-state index contributed by atoms with van der Waals surface area (Å²) in [5.41, 5.74) is 2.13. The van der Waals surface area contributed by atoms with Crippen molar-refractivity contribution < 1.29 is 9.53 Å². The number of benzene rings is 1. The fraction of sp³-hybridized carbons (Fsp3) is 0. The SMILES string of the molecule is O=C(Nc1ccc(Oc2ccncc2)cc1)c1csc(-c2ccsc2)n1. The van der Waals surface area contributed by atoms with E-state index >= 15 is 0 Å². The van der Waals surface area contributed by atoms with Gasteiger partial charge in [-0.25, -0.2) is 4.98 Å². The summed E-state index contributed by atoms with van der Waals surface area (Å²) in [5.74, 6) is 1.16. The molecule has 0 radical (unpaired) electrons. The van der Waals surface area contributed by atoms with Crippen molar-refractivity contribution in [3.63, 3.8) is 0 Å². The average Bonchev–Trinajstić information content (AvgIpc) is 3.36. The molecule has 3 heterocycles. The summed E-state index contributed by atoms with van der Waals surface area (Å²) in [7, 11) is 0. The van der Waals surface area contributed by atoms with Crippen LogP contribution < -0.4 is 10.1 Å². The summed E-state index contributed by atoms with van der Waals surface area (Å²) < 4.78 is 5.71. The van der Waals surface area contributed by atoms with Crippen molar-refractivity contribution in [2.75, 3.05) is 5.32 Å². The molecular weight excluding hydrogens is 366 g/mol. The quantitative estimate of drug-likeness (QED) is 0.510. The van der Waals surface area contributed by atoms with Gasteiger partial charge >= 0.3 is 0 Å². The molecule has 5 nitrogen and oxygen atoms in total. The molecule has 0 saturated heterocycles. The smallest absolute Gasteiger partial charge is 0.275 e. The third-order valence-electron chi connectivity index (χ3n) is 3.50. The highest BCUT2D eigenvalue weighted by molar-refractivity contribution is 7.14. The Kier molecular flexibility index (Phi) is 4.72. The van der Waals surface area contributed by atoms with Gasteiger partial charge in [0.1, 0.15) is 22.2 Å². The van der Waals surface area contributed by atoms with Crippen LogP contribution in [0.3, 0.4) is 0 Å². The maximum Gasteiger partial charge on any atom is 0.275 e. The van der Waals surface area contributed by atoms with Crippen molar-refractivity contribution >= 4 is 34.3 Å². The number of rotatable bonds is 5. The molecule has 4 aromatic rings. The van der Waals surface area contributed by atoms with Crippen molar-refractivity contribution in [2.45, 2.75) is 0 Å². The van der Waals surface area contributed by atoms with Crippen LogP contribution >= 0.6 is 22.7 Å². The van der Waals surface area contributed by atoms with E-state index in [0.29, 0.717) is 22.9 Å². The summed E-state index contributed by atoms with van der Waals surface area (Å²) in [4.78, 5) is 20.7. The molecule has 0 fully saturated rings. The molecule has 0 atom stereocenters. The molecule has 0 unspecified atom stereocenters. The zero-order chi connectivity index (χ0) is 17.8. The lowest BCUT2D eigenvalue weighted by atomic mass is 10.3. The van der Waals surface area contributed by atoms with Crippen LogP contribution in [0, 0.1) is 0 Å². The maximum absolute atomic E-state index is 12.4. The van der Waals surface area contributed by atoms with Gasteiger partial charge in [-0.2, -0.15) is 11.3 Å². The third kappa shape index (κ3) is 3.79. The number of carbonyl (C=O) groups excluding carboxylic acids is 1. The van der Waals surface area contributed by atoms with E-state index in [9.17, 15) is 4.79 Å². The standard InChI is InChI=1S/C19H13N3O2S2/c23-18(17-12-26-19(22-17)13-7-10-25-11-13)21-14-1-3-15(4-2-14)24-16-5-8-20-9-6-16/h1-12H,(H,21,23). The number of ether oxygens (including phenoxy) is 1. The highest BCUT2D eigenvalue weighted by Crippen LogP contribution is 2.26. The molecule has 1 amide bonds. The number of hydrogen-bond acceptors (Lipinski definition) is 6. The van der Waals surface area contributed by atoms with E-state index in [1.54, 1.807) is 65.5 Å². The number of amides is 1. The molecular formula is C19H13N3O2S2. The van der Waals surface area contributed by atoms with E-state index in [0.717, 1.165) is 10.6 Å². The number of pyridine rings is 1. The Balaban J connectivity index is 1.41. The molecule has 128 valence electrons. The van der Waals surface area contributed by atoms with Crippen molar-refractivity contribution in [3.05, 3.63) is 76.7 Å². The predicted molar refractivity (Wildman–Crippen MR) is 104 cm³/mol. The van der Waals surface area contributed by atoms with Gasteiger partial charge in [-0.1, -0.05) is 0 Å². The first-order valence-electron chi connectivity index (χ1n) is 7.75. The van der Waals surface area contributed by atoms with Gasteiger partial charge in [0.05, 0.1) is 0 Å². The number of carbonyl (C=O) groups is 1. The van der Waals surface area contributed by atoms with Crippen molar-refractivity contribution in [2.24, 2.45) is 0 Å². The van der Waals surface area contributed by atoms with Gasteiger partial charge in [0.15, 0.2) is 0 Å². The van der Waals surface area contributed by atoms with Gasteiger partial charge in [-0.05, 0) is 47.8 Å². The van der Waals surface area contributed by atoms with Crippen LogP contribution in [0.25, 0.3) is 10.6 Å². The molecule has 0 aliphatic heterocycles. The number of hydrogen-bond donors (Lipinski definition) is 1. The highest BCUT2D eigenvalue weighted by atomic mass is 32.1. The summed E-state index contributed by atoms with van der Waals surface area (Å²) in [5, 5.41) is 9.47. The van der Waals surface area contributed by atoms with Crippen molar-refractivity contribution in [1.82, 2.24) is 9.97 Å². The normalized spacial score (nSPS) is 10.5. The molecule has 7 heteroatoms. The van der Waals surface area contributed by atoms with Crippen LogP contribution in [-0.2, 0) is 0 Å². The van der Waals surface area contributed by atoms with Crippen LogP contribution in [0.5, 0.6) is 11.5 Å². The first-order chi connectivity index (χ1) is 12.8. The minimum absolute atomic E-state index is 0.231. The number of nitrogens with zero attached hydrogens (tertiary/aromatic N) is 2. The average molecular weight is 379 g/mol. The molecule has 0 aliphatic carbocycles. The van der Waals surface area contributed by atoms with Gasteiger partial charge in [-0.15, -0.1) is 11.3 Å². The molecule has 0 saturated carbocycles. The van der Waals surface area contributed by atoms with Crippen LogP contribution in [0.4, 0.5) is 5.69 Å². The van der Waals surface area contributed by atoms with Crippen molar-refractivity contribution in [1.29, 1.82) is 0 Å². The van der Waals surface area contributed by atoms with Crippen LogP contribution in [0.15, 0.2) is 71.0 Å². The molecule has 4 rings (SSSR count). The zero-order valence-corrected chi connectivity index (χ0v) is 15.1. The molecule has 26 heavy (non-hydrogen) atoms. The van der Waals surface area contributed by atoms with E-state index in [4.69, 9.17) is 4.74 Å². The van der Waals surface area contributed by atoms with E-state index < -0.39 is 0 Å². The molecule has 1 N–H and O–H groups in total. The minimum Gasteiger partial charge on any atom is -0.457 e. The summed E-state index contributed by atoms with van der Waals surface area (Å²) >= 11 is 3.07. The Morgan fingerprint density at radius 2 is 1.73 bits per heavy atom. The Morgan fingerprint density at radius 3 is 2.46 bits per heavy atom. The molecule has 0 aliphatic rings. The molecule has 1 aromatic carbocycles. The number of aromatic nitrogens is 2. The number of thiazole rings is 1. The van der Waals surface area contributed by atoms with Crippen LogP contribution in [0.1, 0.15) is 10.5 Å². The molecule has 0 bridgehead atoms. The fourth-order valence-electron chi connectivity index (χ4n) is 2.24. The minimum atomic E-state index is -0.231. The summed E-state index contributed by atoms with van der Waals surface area (Å²) in [6.07, 6.45) is 3.34. The largest absolute Gasteiger partial charge is 0.457 e. The second-order valence-corrected chi connectivity index (χ2v) is 6.95. The van der Waals surface area contributed by atoms with Gasteiger partial charge in [0.2, 0.25) is 0 Å². The lowest BCUT2D eigenvalue weighted by Gasteiger charge is -2.07. The van der Waals surface area contributed by atoms with E-state index in [-0.39, 0.29) is 5.91 Å². The first-order valence-corrected chi connectivity index (χ1v) is 9.57. The zero-order valence-electron chi connectivity index (χ0n) is 13.5. The highest BCUT2D eigenvalue weighted by Gasteiger charge is 2.12. The second kappa shape index (κ2) is 7.47.